The molecule has 0 fully saturated rings. The Balaban J connectivity index is 1.68. The number of rotatable bonds is 6. The molecule has 0 N–H and O–H groups in total. The lowest BCUT2D eigenvalue weighted by molar-refractivity contribution is 0.106. The molecule has 1 heterocycles. The van der Waals surface area contributed by atoms with Crippen LogP contribution in [0.4, 0.5) is 5.69 Å². The van der Waals surface area contributed by atoms with E-state index in [-0.39, 0.29) is 5.78 Å². The highest BCUT2D eigenvalue weighted by atomic mass is 16.1. The zero-order chi connectivity index (χ0) is 21.8. The van der Waals surface area contributed by atoms with Gasteiger partial charge >= 0.3 is 0 Å². The number of aromatic nitrogens is 1. The highest BCUT2D eigenvalue weighted by Gasteiger charge is 2.21. The molecule has 5 aromatic rings. The number of ketones is 1. The molecule has 0 radical (unpaired) electrons. The predicted octanol–water partition coefficient (Wildman–Crippen LogP) is 6.69. The Morgan fingerprint density at radius 2 is 1.28 bits per heavy atom. The monoisotopic (exact) mass is 414 g/mol. The topological polar surface area (TPSA) is 34.4 Å². The van der Waals surface area contributed by atoms with Crippen molar-refractivity contribution < 1.29 is 4.79 Å². The molecule has 0 amide bonds. The number of aliphatic imine (C=N–C) groups is 1. The van der Waals surface area contributed by atoms with Crippen LogP contribution in [0.25, 0.3) is 10.9 Å². The molecule has 154 valence electrons. The molecule has 0 spiro atoms. The fraction of sp³-hybridized carbons (Fsp3) is 0.0345. The maximum Gasteiger partial charge on any atom is 0.212 e. The van der Waals surface area contributed by atoms with Crippen molar-refractivity contribution >= 4 is 28.1 Å². The summed E-state index contributed by atoms with van der Waals surface area (Å²) in [6.45, 7) is 0.722. The summed E-state index contributed by atoms with van der Waals surface area (Å²) >= 11 is 0. The van der Waals surface area contributed by atoms with Gasteiger partial charge in [0, 0.05) is 34.8 Å². The first-order valence-corrected chi connectivity index (χ1v) is 10.7. The number of hydrogen-bond donors (Lipinski definition) is 0. The van der Waals surface area contributed by atoms with Crippen LogP contribution in [0.2, 0.25) is 0 Å². The maximum absolute atomic E-state index is 13.6. The van der Waals surface area contributed by atoms with E-state index in [1.807, 2.05) is 91.0 Å². The zero-order valence-corrected chi connectivity index (χ0v) is 17.6. The zero-order valence-electron chi connectivity index (χ0n) is 17.6. The van der Waals surface area contributed by atoms with Crippen LogP contribution in [-0.4, -0.2) is 16.1 Å². The fourth-order valence-electron chi connectivity index (χ4n) is 3.94. The van der Waals surface area contributed by atoms with Crippen LogP contribution >= 0.6 is 0 Å². The van der Waals surface area contributed by atoms with Gasteiger partial charge in [-0.2, -0.15) is 0 Å². The predicted molar refractivity (Wildman–Crippen MR) is 131 cm³/mol. The molecule has 1 aromatic heterocycles. The molecule has 4 aromatic carbocycles. The van der Waals surface area contributed by atoms with E-state index in [4.69, 9.17) is 4.99 Å². The number of Topliss-reactive ketones (excluding diaryl/α,β-unsaturated/α-hetero) is 1. The number of hydrogen-bond acceptors (Lipinski definition) is 2. The van der Waals surface area contributed by atoms with Crippen molar-refractivity contribution in [2.24, 2.45) is 4.99 Å². The van der Waals surface area contributed by atoms with Gasteiger partial charge in [-0.1, -0.05) is 97.1 Å². The Kier molecular flexibility index (Phi) is 5.46. The van der Waals surface area contributed by atoms with E-state index < -0.39 is 0 Å². The van der Waals surface area contributed by atoms with Crippen molar-refractivity contribution in [2.75, 3.05) is 0 Å². The lowest BCUT2D eigenvalue weighted by atomic mass is 10.00. The third-order valence-electron chi connectivity index (χ3n) is 5.49. The Morgan fingerprint density at radius 3 is 2.00 bits per heavy atom. The lowest BCUT2D eigenvalue weighted by Gasteiger charge is -2.06. The molecule has 0 saturated heterocycles. The number of benzene rings is 4. The molecular weight excluding hydrogens is 392 g/mol. The summed E-state index contributed by atoms with van der Waals surface area (Å²) in [6, 6.07) is 37.5. The third-order valence-corrected chi connectivity index (χ3v) is 5.49. The normalized spacial score (nSPS) is 11.6. The molecule has 32 heavy (non-hydrogen) atoms. The van der Waals surface area contributed by atoms with Crippen LogP contribution in [-0.2, 0) is 6.54 Å². The Labute approximate surface area is 187 Å². The summed E-state index contributed by atoms with van der Waals surface area (Å²) in [6.07, 6.45) is 2.06. The van der Waals surface area contributed by atoms with Gasteiger partial charge in [0.2, 0.25) is 5.78 Å². The first-order valence-electron chi connectivity index (χ1n) is 10.7. The second-order valence-electron chi connectivity index (χ2n) is 7.66. The molecule has 0 aliphatic carbocycles. The molecule has 0 aliphatic heterocycles. The molecule has 5 rings (SSSR count). The first-order chi connectivity index (χ1) is 15.8. The van der Waals surface area contributed by atoms with Gasteiger partial charge in [-0.25, -0.2) is 4.99 Å². The second kappa shape index (κ2) is 8.86. The SMILES string of the molecule is O=C(C(=Nc1ccccc1)c1cn(Cc2ccccc2)c2ccccc12)c1ccccc1. The average Bonchev–Trinajstić information content (AvgIpc) is 3.22. The van der Waals surface area contributed by atoms with Gasteiger partial charge in [0.05, 0.1) is 5.69 Å². The van der Waals surface area contributed by atoms with Crippen molar-refractivity contribution in [1.29, 1.82) is 0 Å². The fourth-order valence-corrected chi connectivity index (χ4v) is 3.94. The van der Waals surface area contributed by atoms with Gasteiger partial charge in [0.15, 0.2) is 0 Å². The number of nitrogens with zero attached hydrogens (tertiary/aromatic N) is 2. The van der Waals surface area contributed by atoms with E-state index >= 15 is 0 Å². The Hall–Kier alpha value is -4.24. The van der Waals surface area contributed by atoms with E-state index in [2.05, 4.69) is 35.0 Å². The van der Waals surface area contributed by atoms with Crippen LogP contribution in [0.1, 0.15) is 21.5 Å². The number of carbonyl (C=O) groups excluding carboxylic acids is 1. The molecule has 0 bridgehead atoms. The summed E-state index contributed by atoms with van der Waals surface area (Å²) in [5.41, 5.74) is 4.96. The minimum absolute atomic E-state index is 0.0860. The van der Waals surface area contributed by atoms with Gasteiger partial charge in [0.1, 0.15) is 5.71 Å². The summed E-state index contributed by atoms with van der Waals surface area (Å²) in [7, 11) is 0. The highest BCUT2D eigenvalue weighted by Crippen LogP contribution is 2.26. The van der Waals surface area contributed by atoms with Gasteiger partial charge in [-0.05, 0) is 23.8 Å². The number of fused-ring (bicyclic) bond motifs is 1. The number of carbonyl (C=O) groups is 1. The van der Waals surface area contributed by atoms with Crippen LogP contribution in [0.5, 0.6) is 0 Å². The quantitative estimate of drug-likeness (QED) is 0.225. The van der Waals surface area contributed by atoms with Gasteiger partial charge < -0.3 is 4.57 Å². The van der Waals surface area contributed by atoms with E-state index in [9.17, 15) is 4.79 Å². The minimum atomic E-state index is -0.0860. The summed E-state index contributed by atoms with van der Waals surface area (Å²) in [5.74, 6) is -0.0860. The summed E-state index contributed by atoms with van der Waals surface area (Å²) in [5, 5.41) is 1.02. The van der Waals surface area contributed by atoms with Crippen LogP contribution in [0, 0.1) is 0 Å². The standard InChI is InChI=1S/C29H22N2O/c32-29(23-14-6-2-7-15-23)28(30-24-16-8-3-9-17-24)26-21-31(20-22-12-4-1-5-13-22)27-19-11-10-18-25(26)27/h1-19,21H,20H2. The molecule has 0 aliphatic rings. The third kappa shape index (κ3) is 4.01. The van der Waals surface area contributed by atoms with Crippen LogP contribution in [0.15, 0.2) is 126 Å². The smallest absolute Gasteiger partial charge is 0.212 e. The van der Waals surface area contributed by atoms with E-state index in [1.165, 1.54) is 5.56 Å². The summed E-state index contributed by atoms with van der Waals surface area (Å²) < 4.78 is 2.19. The maximum atomic E-state index is 13.6. The van der Waals surface area contributed by atoms with Gasteiger partial charge in [-0.15, -0.1) is 0 Å². The van der Waals surface area contributed by atoms with Gasteiger partial charge in [-0.3, -0.25) is 4.79 Å². The Morgan fingerprint density at radius 1 is 0.688 bits per heavy atom. The van der Waals surface area contributed by atoms with Crippen molar-refractivity contribution in [3.05, 3.63) is 138 Å². The van der Waals surface area contributed by atoms with Gasteiger partial charge in [0.25, 0.3) is 0 Å². The van der Waals surface area contributed by atoms with Crippen LogP contribution in [0.3, 0.4) is 0 Å². The average molecular weight is 415 g/mol. The molecule has 0 atom stereocenters. The summed E-state index contributed by atoms with van der Waals surface area (Å²) in [4.78, 5) is 18.5. The van der Waals surface area contributed by atoms with Crippen molar-refractivity contribution in [2.45, 2.75) is 6.54 Å². The second-order valence-corrected chi connectivity index (χ2v) is 7.66. The Bertz CT molecular complexity index is 1380. The lowest BCUT2D eigenvalue weighted by Crippen LogP contribution is -2.15. The highest BCUT2D eigenvalue weighted by molar-refractivity contribution is 6.53. The largest absolute Gasteiger partial charge is 0.342 e. The molecule has 3 nitrogen and oxygen atoms in total. The minimum Gasteiger partial charge on any atom is -0.342 e. The van der Waals surface area contributed by atoms with E-state index in [1.54, 1.807) is 0 Å². The molecular formula is C29H22N2O. The first kappa shape index (κ1) is 19.7. The molecule has 3 heteroatoms. The molecule has 0 saturated carbocycles. The van der Waals surface area contributed by atoms with E-state index in [0.29, 0.717) is 11.3 Å². The van der Waals surface area contributed by atoms with Crippen molar-refractivity contribution in [3.63, 3.8) is 0 Å². The van der Waals surface area contributed by atoms with Crippen molar-refractivity contribution in [3.8, 4) is 0 Å². The van der Waals surface area contributed by atoms with Crippen LogP contribution < -0.4 is 0 Å². The van der Waals surface area contributed by atoms with E-state index in [0.717, 1.165) is 28.7 Å². The number of para-hydroxylation sites is 2. The molecule has 0 unspecified atom stereocenters. The van der Waals surface area contributed by atoms with Crippen molar-refractivity contribution in [1.82, 2.24) is 4.57 Å².